The summed E-state index contributed by atoms with van der Waals surface area (Å²) < 4.78 is 5.02. The monoisotopic (exact) mass is 517 g/mol. The Morgan fingerprint density at radius 2 is 1.89 bits per heavy atom. The van der Waals surface area contributed by atoms with Gasteiger partial charge in [0.15, 0.2) is 6.29 Å². The molecule has 1 heterocycles. The van der Waals surface area contributed by atoms with E-state index in [0.717, 1.165) is 62.0 Å². The van der Waals surface area contributed by atoms with Crippen LogP contribution in [0.15, 0.2) is 48.0 Å². The van der Waals surface area contributed by atoms with Gasteiger partial charge in [0, 0.05) is 31.0 Å². The van der Waals surface area contributed by atoms with Crippen molar-refractivity contribution in [3.05, 3.63) is 70.3 Å². The highest BCUT2D eigenvalue weighted by Gasteiger charge is 2.28. The number of benzene rings is 2. The lowest BCUT2D eigenvalue weighted by Gasteiger charge is -2.36. The molecule has 1 saturated heterocycles. The minimum atomic E-state index is -0.790. The number of urea groups is 1. The first-order valence-corrected chi connectivity index (χ1v) is 13.6. The van der Waals surface area contributed by atoms with Crippen LogP contribution < -0.4 is 16.0 Å². The van der Waals surface area contributed by atoms with Gasteiger partial charge in [-0.1, -0.05) is 24.3 Å². The van der Waals surface area contributed by atoms with E-state index in [-0.39, 0.29) is 12.8 Å². The first kappa shape index (κ1) is 27.6. The number of rotatable bonds is 11. The van der Waals surface area contributed by atoms with Crippen LogP contribution in [-0.2, 0) is 4.74 Å². The van der Waals surface area contributed by atoms with Crippen molar-refractivity contribution < 1.29 is 14.6 Å². The number of nitrogens with zero attached hydrogens (tertiary/aromatic N) is 2. The Balaban J connectivity index is 1.32. The molecule has 0 bridgehead atoms. The number of allylic oxidation sites excluding steroid dienone is 1. The average molecular weight is 518 g/mol. The lowest BCUT2D eigenvalue weighted by atomic mass is 9.88. The standard InChI is InChI=1S/C30H39N5O3/c1-21-4-7-27(18-28(21)34-30(37)33-15-3-14-32-20-38-22(2)36)29(26-10-11-26)35-16-12-25(13-17-35)24-8-5-23(19-31)6-9-24/h4-9,18,22,25,32,36H,3,10-17,20H2,1-2H3,(H2,33,34,37). The molecule has 2 aromatic rings. The summed E-state index contributed by atoms with van der Waals surface area (Å²) in [6.07, 6.45) is 4.41. The third-order valence-corrected chi connectivity index (χ3v) is 7.16. The van der Waals surface area contributed by atoms with E-state index in [1.54, 1.807) is 6.92 Å². The number of nitriles is 1. The number of nitrogens with one attached hydrogen (secondary N) is 3. The van der Waals surface area contributed by atoms with E-state index in [1.807, 2.05) is 19.1 Å². The number of piperidine rings is 1. The van der Waals surface area contributed by atoms with E-state index >= 15 is 0 Å². The van der Waals surface area contributed by atoms with Crippen molar-refractivity contribution in [1.82, 2.24) is 15.5 Å². The maximum absolute atomic E-state index is 12.5. The lowest BCUT2D eigenvalue weighted by molar-refractivity contribution is -0.0910. The molecule has 2 aliphatic rings. The van der Waals surface area contributed by atoms with E-state index in [1.165, 1.54) is 16.8 Å². The number of likely N-dealkylation sites (tertiary alicyclic amines) is 1. The first-order chi connectivity index (χ1) is 18.4. The van der Waals surface area contributed by atoms with Gasteiger partial charge in [-0.3, -0.25) is 5.32 Å². The second-order valence-corrected chi connectivity index (χ2v) is 10.1. The Labute approximate surface area is 225 Å². The van der Waals surface area contributed by atoms with Crippen molar-refractivity contribution in [3.63, 3.8) is 0 Å². The minimum absolute atomic E-state index is 0.214. The molecule has 2 aromatic carbocycles. The van der Waals surface area contributed by atoms with Crippen molar-refractivity contribution in [1.29, 1.82) is 5.26 Å². The summed E-state index contributed by atoms with van der Waals surface area (Å²) in [6, 6.07) is 16.4. The van der Waals surface area contributed by atoms with Crippen LogP contribution in [0.5, 0.6) is 0 Å². The molecule has 38 heavy (non-hydrogen) atoms. The maximum atomic E-state index is 12.5. The first-order valence-electron chi connectivity index (χ1n) is 13.6. The van der Waals surface area contributed by atoms with Crippen molar-refractivity contribution in [3.8, 4) is 6.07 Å². The number of aliphatic hydroxyl groups excluding tert-OH is 1. The Morgan fingerprint density at radius 3 is 2.55 bits per heavy atom. The summed E-state index contributed by atoms with van der Waals surface area (Å²) in [4.78, 5) is 15.1. The van der Waals surface area contributed by atoms with Crippen LogP contribution in [0.25, 0.3) is 5.70 Å². The van der Waals surface area contributed by atoms with Gasteiger partial charge < -0.3 is 25.4 Å². The molecule has 1 aliphatic carbocycles. The smallest absolute Gasteiger partial charge is 0.319 e. The number of hydrogen-bond donors (Lipinski definition) is 4. The van der Waals surface area contributed by atoms with Crippen molar-refractivity contribution >= 4 is 17.4 Å². The minimum Gasteiger partial charge on any atom is -0.371 e. The summed E-state index contributed by atoms with van der Waals surface area (Å²) in [7, 11) is 0. The van der Waals surface area contributed by atoms with Gasteiger partial charge in [-0.2, -0.15) is 5.26 Å². The molecule has 2 amide bonds. The zero-order valence-electron chi connectivity index (χ0n) is 22.4. The summed E-state index contributed by atoms with van der Waals surface area (Å²) in [5.74, 6) is 0.518. The number of hydrogen-bond acceptors (Lipinski definition) is 6. The van der Waals surface area contributed by atoms with Gasteiger partial charge in [0.2, 0.25) is 0 Å². The van der Waals surface area contributed by atoms with E-state index in [9.17, 15) is 4.79 Å². The number of aryl methyl sites for hydroxylation is 1. The number of anilines is 1. The molecular weight excluding hydrogens is 478 g/mol. The van der Waals surface area contributed by atoms with Crippen molar-refractivity contribution in [2.24, 2.45) is 0 Å². The predicted octanol–water partition coefficient (Wildman–Crippen LogP) is 4.66. The molecule has 1 aliphatic heterocycles. The van der Waals surface area contributed by atoms with Crippen LogP contribution in [0.3, 0.4) is 0 Å². The van der Waals surface area contributed by atoms with Crippen LogP contribution >= 0.6 is 0 Å². The highest BCUT2D eigenvalue weighted by Crippen LogP contribution is 2.41. The number of carbonyl (C=O) groups is 1. The zero-order valence-corrected chi connectivity index (χ0v) is 22.4. The molecule has 8 nitrogen and oxygen atoms in total. The van der Waals surface area contributed by atoms with E-state index < -0.39 is 6.29 Å². The average Bonchev–Trinajstić information content (AvgIpc) is 3.75. The SMILES string of the molecule is Cc1ccc(C(=C2CC2)N2CCC(c3ccc(C#N)cc3)CC2)cc1NC(=O)NCCCNCOC(C)O. The van der Waals surface area contributed by atoms with E-state index in [2.05, 4.69) is 57.3 Å². The summed E-state index contributed by atoms with van der Waals surface area (Å²) in [6.45, 7) is 7.07. The number of amides is 2. The molecule has 0 radical (unpaired) electrons. The Hall–Kier alpha value is -3.38. The Morgan fingerprint density at radius 1 is 1.16 bits per heavy atom. The second-order valence-electron chi connectivity index (χ2n) is 10.1. The van der Waals surface area contributed by atoms with Gasteiger partial charge in [0.1, 0.15) is 0 Å². The largest absolute Gasteiger partial charge is 0.371 e. The molecule has 1 unspecified atom stereocenters. The molecular formula is C30H39N5O3. The summed E-state index contributed by atoms with van der Waals surface area (Å²) in [5.41, 5.74) is 7.87. The zero-order chi connectivity index (χ0) is 26.9. The van der Waals surface area contributed by atoms with Gasteiger partial charge >= 0.3 is 6.03 Å². The van der Waals surface area contributed by atoms with Crippen LogP contribution in [0.4, 0.5) is 10.5 Å². The van der Waals surface area contributed by atoms with Gasteiger partial charge in [-0.05, 0) is 98.9 Å². The molecule has 4 N–H and O–H groups in total. The van der Waals surface area contributed by atoms with Gasteiger partial charge in [0.25, 0.3) is 0 Å². The highest BCUT2D eigenvalue weighted by molar-refractivity contribution is 5.91. The molecule has 202 valence electrons. The van der Waals surface area contributed by atoms with Crippen LogP contribution in [0.1, 0.15) is 67.2 Å². The number of ether oxygens (including phenoxy) is 1. The normalized spacial score (nSPS) is 16.1. The molecule has 0 spiro atoms. The van der Waals surface area contributed by atoms with Gasteiger partial charge in [-0.25, -0.2) is 4.79 Å². The molecule has 4 rings (SSSR count). The quantitative estimate of drug-likeness (QED) is 0.255. The maximum Gasteiger partial charge on any atom is 0.319 e. The van der Waals surface area contributed by atoms with Crippen LogP contribution in [-0.4, -0.2) is 55.2 Å². The molecule has 8 heteroatoms. The Bertz CT molecular complexity index is 1160. The van der Waals surface area contributed by atoms with Crippen molar-refractivity contribution in [2.45, 2.75) is 58.2 Å². The second kappa shape index (κ2) is 13.4. The van der Waals surface area contributed by atoms with E-state index in [4.69, 9.17) is 15.1 Å². The summed E-state index contributed by atoms with van der Waals surface area (Å²) in [5, 5.41) is 27.2. The van der Waals surface area contributed by atoms with Gasteiger partial charge in [0.05, 0.1) is 18.4 Å². The number of carbonyl (C=O) groups excluding carboxylic acids is 1. The third kappa shape index (κ3) is 7.81. The van der Waals surface area contributed by atoms with Crippen molar-refractivity contribution in [2.75, 3.05) is 38.2 Å². The highest BCUT2D eigenvalue weighted by atomic mass is 16.6. The predicted molar refractivity (Wildman–Crippen MR) is 149 cm³/mol. The molecule has 2 fully saturated rings. The van der Waals surface area contributed by atoms with E-state index in [0.29, 0.717) is 24.6 Å². The molecule has 1 saturated carbocycles. The summed E-state index contributed by atoms with van der Waals surface area (Å²) >= 11 is 0. The molecule has 0 aromatic heterocycles. The fourth-order valence-corrected chi connectivity index (χ4v) is 4.91. The third-order valence-electron chi connectivity index (χ3n) is 7.16. The molecule has 1 atom stereocenters. The van der Waals surface area contributed by atoms with Gasteiger partial charge in [-0.15, -0.1) is 0 Å². The van der Waals surface area contributed by atoms with Crippen LogP contribution in [0.2, 0.25) is 0 Å². The topological polar surface area (TPSA) is 110 Å². The van der Waals surface area contributed by atoms with Crippen LogP contribution in [0, 0.1) is 18.3 Å². The Kier molecular flexibility index (Phi) is 9.77. The fraction of sp³-hybridized carbons (Fsp3) is 0.467. The lowest BCUT2D eigenvalue weighted by Crippen LogP contribution is -2.32. The fourth-order valence-electron chi connectivity index (χ4n) is 4.91. The number of aliphatic hydroxyl groups is 1.